The number of hydrogen-bond donors (Lipinski definition) is 1. The highest BCUT2D eigenvalue weighted by Crippen LogP contribution is 2.26. The summed E-state index contributed by atoms with van der Waals surface area (Å²) in [6.45, 7) is 4.53. The molecule has 1 unspecified atom stereocenters. The maximum atomic E-state index is 5.62. The molecule has 0 spiro atoms. The maximum absolute atomic E-state index is 5.62. The minimum absolute atomic E-state index is 0.222. The number of aromatic nitrogens is 4. The first kappa shape index (κ1) is 14.9. The van der Waals surface area contributed by atoms with Crippen LogP contribution in [-0.4, -0.2) is 52.4 Å². The largest absolute Gasteiger partial charge is 0.375 e. The van der Waals surface area contributed by atoms with E-state index in [9.17, 15) is 0 Å². The monoisotopic (exact) mass is 324 g/mol. The highest BCUT2D eigenvalue weighted by Gasteiger charge is 2.19. The molecule has 3 aromatic rings. The van der Waals surface area contributed by atoms with E-state index in [1.807, 2.05) is 42.2 Å². The third-order valence-electron chi connectivity index (χ3n) is 4.25. The van der Waals surface area contributed by atoms with Crippen molar-refractivity contribution in [1.29, 1.82) is 0 Å². The molecule has 4 heterocycles. The van der Waals surface area contributed by atoms with Crippen molar-refractivity contribution in [2.45, 2.75) is 13.0 Å². The lowest BCUT2D eigenvalue weighted by molar-refractivity contribution is 0.0529. The van der Waals surface area contributed by atoms with E-state index in [1.165, 1.54) is 0 Å². The zero-order valence-electron chi connectivity index (χ0n) is 13.8. The molecule has 1 fully saturated rings. The Kier molecular flexibility index (Phi) is 3.78. The van der Waals surface area contributed by atoms with Crippen LogP contribution in [0.1, 0.15) is 6.92 Å². The molecule has 1 aliphatic heterocycles. The molecule has 3 aromatic heterocycles. The van der Waals surface area contributed by atoms with Crippen molar-refractivity contribution in [3.05, 3.63) is 36.8 Å². The smallest absolute Gasteiger partial charge is 0.165 e. The van der Waals surface area contributed by atoms with E-state index in [0.29, 0.717) is 0 Å². The van der Waals surface area contributed by atoms with Crippen LogP contribution in [0, 0.1) is 0 Å². The van der Waals surface area contributed by atoms with E-state index in [0.717, 1.165) is 48.1 Å². The van der Waals surface area contributed by atoms with Gasteiger partial charge in [0.15, 0.2) is 5.65 Å². The Morgan fingerprint density at radius 1 is 1.33 bits per heavy atom. The molecular formula is C17H20N6O. The van der Waals surface area contributed by atoms with Gasteiger partial charge in [0.25, 0.3) is 0 Å². The summed E-state index contributed by atoms with van der Waals surface area (Å²) < 4.78 is 7.43. The summed E-state index contributed by atoms with van der Waals surface area (Å²) >= 11 is 0. The Labute approximate surface area is 140 Å². The van der Waals surface area contributed by atoms with Crippen molar-refractivity contribution in [3.63, 3.8) is 0 Å². The van der Waals surface area contributed by atoms with Gasteiger partial charge in [-0.15, -0.1) is 0 Å². The molecule has 1 atom stereocenters. The molecule has 124 valence electrons. The van der Waals surface area contributed by atoms with Gasteiger partial charge in [-0.2, -0.15) is 5.10 Å². The van der Waals surface area contributed by atoms with Gasteiger partial charge in [-0.25, -0.2) is 14.5 Å². The van der Waals surface area contributed by atoms with Crippen molar-refractivity contribution in [1.82, 2.24) is 19.6 Å². The van der Waals surface area contributed by atoms with Gasteiger partial charge in [0.2, 0.25) is 0 Å². The van der Waals surface area contributed by atoms with Gasteiger partial charge in [0.1, 0.15) is 11.6 Å². The van der Waals surface area contributed by atoms with Gasteiger partial charge >= 0.3 is 0 Å². The summed E-state index contributed by atoms with van der Waals surface area (Å²) in [6, 6.07) is 5.98. The molecule has 24 heavy (non-hydrogen) atoms. The van der Waals surface area contributed by atoms with Gasteiger partial charge in [-0.1, -0.05) is 0 Å². The second-order valence-electron chi connectivity index (χ2n) is 5.92. The predicted octanol–water partition coefficient (Wildman–Crippen LogP) is 2.06. The minimum atomic E-state index is 0.222. The quantitative estimate of drug-likeness (QED) is 0.795. The lowest BCUT2D eigenvalue weighted by atomic mass is 10.1. The van der Waals surface area contributed by atoms with E-state index in [1.54, 1.807) is 6.20 Å². The van der Waals surface area contributed by atoms with E-state index < -0.39 is 0 Å². The maximum Gasteiger partial charge on any atom is 0.165 e. The van der Waals surface area contributed by atoms with Gasteiger partial charge < -0.3 is 15.0 Å². The summed E-state index contributed by atoms with van der Waals surface area (Å²) in [4.78, 5) is 11.4. The molecule has 7 nitrogen and oxygen atoms in total. The second kappa shape index (κ2) is 6.09. The number of morpholine rings is 1. The first-order valence-corrected chi connectivity index (χ1v) is 8.10. The van der Waals surface area contributed by atoms with E-state index >= 15 is 0 Å². The molecule has 1 N–H and O–H groups in total. The van der Waals surface area contributed by atoms with Crippen molar-refractivity contribution >= 4 is 17.3 Å². The van der Waals surface area contributed by atoms with Crippen molar-refractivity contribution < 1.29 is 4.74 Å². The standard InChI is InChI=1S/C17H20N6O/c1-12-11-22(7-8-24-12)16-4-6-23-17(21-16)14(10-20-23)13-3-5-19-15(9-13)18-2/h3-6,9-10,12H,7-8,11H2,1-2H3,(H,18,19). The normalized spacial score (nSPS) is 18.1. The topological polar surface area (TPSA) is 67.6 Å². The predicted molar refractivity (Wildman–Crippen MR) is 93.4 cm³/mol. The Morgan fingerprint density at radius 3 is 3.08 bits per heavy atom. The van der Waals surface area contributed by atoms with Gasteiger partial charge in [0, 0.05) is 38.1 Å². The lowest BCUT2D eigenvalue weighted by Crippen LogP contribution is -2.41. The van der Waals surface area contributed by atoms with Crippen LogP contribution < -0.4 is 10.2 Å². The zero-order chi connectivity index (χ0) is 16.5. The van der Waals surface area contributed by atoms with Crippen molar-refractivity contribution in [2.24, 2.45) is 0 Å². The first-order chi connectivity index (χ1) is 11.7. The number of ether oxygens (including phenoxy) is 1. The number of pyridine rings is 1. The van der Waals surface area contributed by atoms with Crippen LogP contribution in [0.25, 0.3) is 16.8 Å². The molecule has 0 aliphatic carbocycles. The molecule has 0 radical (unpaired) electrons. The number of hydrogen-bond acceptors (Lipinski definition) is 6. The van der Waals surface area contributed by atoms with Gasteiger partial charge in [0.05, 0.1) is 18.9 Å². The Hall–Kier alpha value is -2.67. The van der Waals surface area contributed by atoms with Crippen LogP contribution in [0.15, 0.2) is 36.8 Å². The fraction of sp³-hybridized carbons (Fsp3) is 0.353. The molecule has 1 aliphatic rings. The number of nitrogens with one attached hydrogen (secondary N) is 1. The van der Waals surface area contributed by atoms with E-state index in [-0.39, 0.29) is 6.10 Å². The van der Waals surface area contributed by atoms with Crippen LogP contribution in [0.4, 0.5) is 11.6 Å². The Morgan fingerprint density at radius 2 is 2.25 bits per heavy atom. The fourth-order valence-corrected chi connectivity index (χ4v) is 3.00. The summed E-state index contributed by atoms with van der Waals surface area (Å²) in [5, 5.41) is 7.49. The first-order valence-electron chi connectivity index (χ1n) is 8.10. The summed E-state index contributed by atoms with van der Waals surface area (Å²) in [6.07, 6.45) is 5.82. The molecule has 7 heteroatoms. The lowest BCUT2D eigenvalue weighted by Gasteiger charge is -2.32. The van der Waals surface area contributed by atoms with Crippen LogP contribution in [0.3, 0.4) is 0 Å². The summed E-state index contributed by atoms with van der Waals surface area (Å²) in [5.74, 6) is 1.78. The third-order valence-corrected chi connectivity index (χ3v) is 4.25. The average molecular weight is 324 g/mol. The van der Waals surface area contributed by atoms with E-state index in [4.69, 9.17) is 9.72 Å². The summed E-state index contributed by atoms with van der Waals surface area (Å²) in [5.41, 5.74) is 2.89. The van der Waals surface area contributed by atoms with Crippen LogP contribution >= 0.6 is 0 Å². The molecule has 0 amide bonds. The number of nitrogens with zero attached hydrogens (tertiary/aromatic N) is 5. The molecule has 1 saturated heterocycles. The molecule has 4 rings (SSSR count). The average Bonchev–Trinajstić information content (AvgIpc) is 3.05. The zero-order valence-corrected chi connectivity index (χ0v) is 13.8. The fourth-order valence-electron chi connectivity index (χ4n) is 3.00. The summed E-state index contributed by atoms with van der Waals surface area (Å²) in [7, 11) is 1.86. The Bertz CT molecular complexity index is 861. The second-order valence-corrected chi connectivity index (χ2v) is 5.92. The molecule has 0 aromatic carbocycles. The van der Waals surface area contributed by atoms with Gasteiger partial charge in [-0.05, 0) is 30.7 Å². The molecule has 0 saturated carbocycles. The minimum Gasteiger partial charge on any atom is -0.375 e. The van der Waals surface area contributed by atoms with Gasteiger partial charge in [-0.3, -0.25) is 0 Å². The number of anilines is 2. The highest BCUT2D eigenvalue weighted by atomic mass is 16.5. The van der Waals surface area contributed by atoms with Crippen molar-refractivity contribution in [2.75, 3.05) is 37.0 Å². The molecule has 0 bridgehead atoms. The van der Waals surface area contributed by atoms with E-state index in [2.05, 4.69) is 27.2 Å². The van der Waals surface area contributed by atoms with Crippen LogP contribution in [0.2, 0.25) is 0 Å². The Balaban J connectivity index is 1.75. The third kappa shape index (κ3) is 2.67. The number of fused-ring (bicyclic) bond motifs is 1. The molecular weight excluding hydrogens is 304 g/mol. The van der Waals surface area contributed by atoms with Crippen LogP contribution in [-0.2, 0) is 4.74 Å². The SMILES string of the molecule is CNc1cc(-c2cnn3ccc(N4CCOC(C)C4)nc23)ccn1. The number of rotatable bonds is 3. The van der Waals surface area contributed by atoms with Crippen LogP contribution in [0.5, 0.6) is 0 Å². The highest BCUT2D eigenvalue weighted by molar-refractivity contribution is 5.78. The van der Waals surface area contributed by atoms with Crippen molar-refractivity contribution in [3.8, 4) is 11.1 Å².